The summed E-state index contributed by atoms with van der Waals surface area (Å²) in [6.45, 7) is 2.06. The van der Waals surface area contributed by atoms with Crippen LogP contribution in [0, 0.1) is 5.92 Å². The summed E-state index contributed by atoms with van der Waals surface area (Å²) in [7, 11) is 0. The molecular weight excluding hydrogens is 252 g/mol. The Morgan fingerprint density at radius 3 is 2.55 bits per heavy atom. The van der Waals surface area contributed by atoms with E-state index in [9.17, 15) is 9.59 Å². The van der Waals surface area contributed by atoms with Crippen molar-refractivity contribution in [3.05, 3.63) is 47.5 Å². The molecule has 106 valence electrons. The van der Waals surface area contributed by atoms with Crippen molar-refractivity contribution in [3.8, 4) is 0 Å². The lowest BCUT2D eigenvalue weighted by Gasteiger charge is -2.10. The summed E-state index contributed by atoms with van der Waals surface area (Å²) < 4.78 is 0. The second-order valence-corrected chi connectivity index (χ2v) is 5.02. The van der Waals surface area contributed by atoms with Crippen molar-refractivity contribution in [3.63, 3.8) is 0 Å². The molecule has 0 unspecified atom stereocenters. The van der Waals surface area contributed by atoms with Gasteiger partial charge in [0.25, 0.3) is 5.91 Å². The van der Waals surface area contributed by atoms with Crippen LogP contribution in [0.1, 0.15) is 42.1 Å². The molecule has 0 saturated carbocycles. The highest BCUT2D eigenvalue weighted by atomic mass is 16.2. The van der Waals surface area contributed by atoms with Crippen LogP contribution in [0.15, 0.2) is 36.4 Å². The number of hydrogen-bond acceptors (Lipinski definition) is 2. The van der Waals surface area contributed by atoms with E-state index < -0.39 is 0 Å². The number of benzene rings is 1. The quantitative estimate of drug-likeness (QED) is 0.653. The van der Waals surface area contributed by atoms with E-state index in [0.29, 0.717) is 17.9 Å². The summed E-state index contributed by atoms with van der Waals surface area (Å²) in [5, 5.41) is 0. The Hall–Kier alpha value is -2.10. The molecule has 20 heavy (non-hydrogen) atoms. The van der Waals surface area contributed by atoms with Crippen LogP contribution in [-0.2, 0) is 11.2 Å². The topological polar surface area (TPSA) is 58.2 Å². The Bertz CT molecular complexity index is 506. The molecule has 0 spiro atoms. The molecule has 2 N–H and O–H groups in total. The van der Waals surface area contributed by atoms with Gasteiger partial charge < -0.3 is 0 Å². The molecule has 0 radical (unpaired) electrons. The maximum Gasteiger partial charge on any atom is 0.269 e. The Kier molecular flexibility index (Phi) is 4.93. The van der Waals surface area contributed by atoms with Gasteiger partial charge in [0.15, 0.2) is 0 Å². The average molecular weight is 272 g/mol. The first-order valence-corrected chi connectivity index (χ1v) is 7.04. The van der Waals surface area contributed by atoms with Gasteiger partial charge in [-0.1, -0.05) is 31.2 Å². The lowest BCUT2D eigenvalue weighted by atomic mass is 10.1. The molecule has 0 bridgehead atoms. The van der Waals surface area contributed by atoms with Crippen molar-refractivity contribution in [1.29, 1.82) is 0 Å². The van der Waals surface area contributed by atoms with E-state index >= 15 is 0 Å². The monoisotopic (exact) mass is 272 g/mol. The molecule has 2 amide bonds. The third-order valence-corrected chi connectivity index (χ3v) is 3.50. The van der Waals surface area contributed by atoms with Gasteiger partial charge in [0.05, 0.1) is 0 Å². The Morgan fingerprint density at radius 1 is 1.20 bits per heavy atom. The number of hydrazine groups is 1. The first-order valence-electron chi connectivity index (χ1n) is 7.04. The molecule has 1 aromatic carbocycles. The van der Waals surface area contributed by atoms with Gasteiger partial charge in [-0.3, -0.25) is 20.4 Å². The van der Waals surface area contributed by atoms with Crippen LogP contribution in [0.3, 0.4) is 0 Å². The van der Waals surface area contributed by atoms with Crippen molar-refractivity contribution in [2.24, 2.45) is 5.92 Å². The van der Waals surface area contributed by atoms with Crippen LogP contribution in [0.5, 0.6) is 0 Å². The normalized spacial score (nSPS) is 16.9. The number of amides is 2. The highest BCUT2D eigenvalue weighted by molar-refractivity contribution is 5.95. The highest BCUT2D eigenvalue weighted by Crippen LogP contribution is 2.19. The zero-order chi connectivity index (χ0) is 14.4. The molecular formula is C16H20N2O2. The molecule has 4 nitrogen and oxygen atoms in total. The molecule has 0 aliphatic heterocycles. The third-order valence-electron chi connectivity index (χ3n) is 3.50. The minimum atomic E-state index is -0.289. The average Bonchev–Trinajstić information content (AvgIpc) is 2.97. The molecule has 1 aliphatic rings. The van der Waals surface area contributed by atoms with Crippen LogP contribution < -0.4 is 10.9 Å². The van der Waals surface area contributed by atoms with Gasteiger partial charge in [-0.05, 0) is 42.9 Å². The zero-order valence-electron chi connectivity index (χ0n) is 11.7. The Balaban J connectivity index is 1.78. The molecule has 0 fully saturated rings. The number of allylic oxidation sites excluding steroid dienone is 2. The maximum atomic E-state index is 11.8. The van der Waals surface area contributed by atoms with E-state index in [1.165, 1.54) is 5.56 Å². The number of rotatable bonds is 4. The molecule has 1 atom stereocenters. The van der Waals surface area contributed by atoms with Gasteiger partial charge in [0.2, 0.25) is 5.91 Å². The lowest BCUT2D eigenvalue weighted by Crippen LogP contribution is -2.42. The molecule has 0 saturated heterocycles. The van der Waals surface area contributed by atoms with E-state index in [0.717, 1.165) is 19.3 Å². The standard InChI is InChI=1S/C16H20N2O2/c1-2-12-7-9-14(10-8-12)16(20)18-17-15(19)11-13-5-3-4-6-13/h3,5,7-10,13H,2,4,6,11H2,1H3,(H,17,19)(H,18,20)/t13-/m1/s1. The molecule has 1 aliphatic carbocycles. The molecule has 0 aromatic heterocycles. The summed E-state index contributed by atoms with van der Waals surface area (Å²) in [5.74, 6) is -0.140. The van der Waals surface area contributed by atoms with Crippen LogP contribution in [0.2, 0.25) is 0 Å². The fraction of sp³-hybridized carbons (Fsp3) is 0.375. The number of hydrogen-bond donors (Lipinski definition) is 2. The maximum absolute atomic E-state index is 11.8. The van der Waals surface area contributed by atoms with Crippen molar-refractivity contribution in [2.75, 3.05) is 0 Å². The van der Waals surface area contributed by atoms with Gasteiger partial charge in [-0.25, -0.2) is 0 Å². The first-order chi connectivity index (χ1) is 9.69. The number of aryl methyl sites for hydroxylation is 1. The van der Waals surface area contributed by atoms with Gasteiger partial charge in [0, 0.05) is 12.0 Å². The van der Waals surface area contributed by atoms with E-state index in [4.69, 9.17) is 0 Å². The largest absolute Gasteiger partial charge is 0.273 e. The highest BCUT2D eigenvalue weighted by Gasteiger charge is 2.14. The first kappa shape index (κ1) is 14.3. The SMILES string of the molecule is CCc1ccc(C(=O)NNC(=O)C[C@@H]2C=CCC2)cc1. The summed E-state index contributed by atoms with van der Waals surface area (Å²) in [6.07, 6.45) is 7.56. The van der Waals surface area contributed by atoms with Crippen LogP contribution >= 0.6 is 0 Å². The van der Waals surface area contributed by atoms with Crippen molar-refractivity contribution >= 4 is 11.8 Å². The third kappa shape index (κ3) is 3.95. The van der Waals surface area contributed by atoms with Gasteiger partial charge >= 0.3 is 0 Å². The minimum absolute atomic E-state index is 0.153. The van der Waals surface area contributed by atoms with E-state index in [1.54, 1.807) is 12.1 Å². The Morgan fingerprint density at radius 2 is 1.95 bits per heavy atom. The number of carbonyl (C=O) groups excluding carboxylic acids is 2. The minimum Gasteiger partial charge on any atom is -0.273 e. The van der Waals surface area contributed by atoms with E-state index in [1.807, 2.05) is 12.1 Å². The van der Waals surface area contributed by atoms with Gasteiger partial charge in [0.1, 0.15) is 0 Å². The second kappa shape index (κ2) is 6.89. The smallest absolute Gasteiger partial charge is 0.269 e. The van der Waals surface area contributed by atoms with Crippen molar-refractivity contribution < 1.29 is 9.59 Å². The van der Waals surface area contributed by atoms with Gasteiger partial charge in [-0.15, -0.1) is 0 Å². The fourth-order valence-corrected chi connectivity index (χ4v) is 2.24. The predicted molar refractivity (Wildman–Crippen MR) is 77.9 cm³/mol. The second-order valence-electron chi connectivity index (χ2n) is 5.02. The fourth-order valence-electron chi connectivity index (χ4n) is 2.24. The van der Waals surface area contributed by atoms with Crippen LogP contribution in [0.4, 0.5) is 0 Å². The zero-order valence-corrected chi connectivity index (χ0v) is 11.7. The molecule has 4 heteroatoms. The molecule has 2 rings (SSSR count). The van der Waals surface area contributed by atoms with Crippen molar-refractivity contribution in [2.45, 2.75) is 32.6 Å². The van der Waals surface area contributed by atoms with Crippen LogP contribution in [-0.4, -0.2) is 11.8 Å². The molecule has 1 aromatic rings. The van der Waals surface area contributed by atoms with E-state index in [2.05, 4.69) is 29.9 Å². The number of carbonyl (C=O) groups is 2. The summed E-state index contributed by atoms with van der Waals surface area (Å²) in [5.41, 5.74) is 6.64. The van der Waals surface area contributed by atoms with Gasteiger partial charge in [-0.2, -0.15) is 0 Å². The predicted octanol–water partition coefficient (Wildman–Crippen LogP) is 2.37. The lowest BCUT2D eigenvalue weighted by molar-refractivity contribution is -0.122. The Labute approximate surface area is 119 Å². The van der Waals surface area contributed by atoms with Crippen molar-refractivity contribution in [1.82, 2.24) is 10.9 Å². The number of nitrogens with one attached hydrogen (secondary N) is 2. The molecule has 0 heterocycles. The van der Waals surface area contributed by atoms with E-state index in [-0.39, 0.29) is 11.8 Å². The summed E-state index contributed by atoms with van der Waals surface area (Å²) in [6, 6.07) is 7.36. The van der Waals surface area contributed by atoms with Crippen LogP contribution in [0.25, 0.3) is 0 Å². The summed E-state index contributed by atoms with van der Waals surface area (Å²) in [4.78, 5) is 23.5. The summed E-state index contributed by atoms with van der Waals surface area (Å²) >= 11 is 0.